The van der Waals surface area contributed by atoms with E-state index in [-0.39, 0.29) is 0 Å². The van der Waals surface area contributed by atoms with Gasteiger partial charge in [0.25, 0.3) is 0 Å². The quantitative estimate of drug-likeness (QED) is 0.315. The molecule has 1 heterocycles. The van der Waals surface area contributed by atoms with Gasteiger partial charge in [0.1, 0.15) is 5.82 Å². The number of fused-ring (bicyclic) bond motifs is 2. The molecule has 0 bridgehead atoms. The minimum atomic E-state index is 0.588. The Balaban J connectivity index is 1.69. The van der Waals surface area contributed by atoms with Crippen LogP contribution in [0.4, 0.5) is 0 Å². The molecule has 0 saturated heterocycles. The van der Waals surface area contributed by atoms with Gasteiger partial charge in [0, 0.05) is 12.1 Å². The maximum Gasteiger partial charge on any atom is 0.203 e. The zero-order chi connectivity index (χ0) is 22.9. The Morgan fingerprint density at radius 3 is 2.18 bits per heavy atom. The fourth-order valence-electron chi connectivity index (χ4n) is 4.36. The monoisotopic (exact) mass is 438 g/mol. The predicted molar refractivity (Wildman–Crippen MR) is 133 cm³/mol. The summed E-state index contributed by atoms with van der Waals surface area (Å²) < 4.78 is 18.9. The number of rotatable bonds is 6. The van der Waals surface area contributed by atoms with Crippen molar-refractivity contribution >= 4 is 21.8 Å². The molecule has 0 saturated carbocycles. The highest BCUT2D eigenvalue weighted by molar-refractivity contribution is 5.88. The Labute approximate surface area is 193 Å². The summed E-state index contributed by atoms with van der Waals surface area (Å²) in [6.45, 7) is 2.70. The van der Waals surface area contributed by atoms with E-state index in [4.69, 9.17) is 19.2 Å². The van der Waals surface area contributed by atoms with Crippen molar-refractivity contribution in [2.75, 3.05) is 21.3 Å². The molecule has 5 aromatic rings. The van der Waals surface area contributed by atoms with Crippen molar-refractivity contribution in [3.8, 4) is 28.6 Å². The lowest BCUT2D eigenvalue weighted by molar-refractivity contribution is 0.323. The summed E-state index contributed by atoms with van der Waals surface area (Å²) >= 11 is 0. The molecule has 0 spiro atoms. The third-order valence-electron chi connectivity index (χ3n) is 5.98. The van der Waals surface area contributed by atoms with Gasteiger partial charge in [-0.3, -0.25) is 0 Å². The summed E-state index contributed by atoms with van der Waals surface area (Å²) in [4.78, 5) is 5.04. The molecule has 0 amide bonds. The number of aryl methyl sites for hydroxylation is 1. The second-order valence-electron chi connectivity index (χ2n) is 8.11. The Kier molecular flexibility index (Phi) is 5.38. The smallest absolute Gasteiger partial charge is 0.203 e. The molecule has 0 atom stereocenters. The Hall–Kier alpha value is -3.99. The fraction of sp³-hybridized carbons (Fsp3) is 0.179. The highest BCUT2D eigenvalue weighted by atomic mass is 16.5. The van der Waals surface area contributed by atoms with Crippen molar-refractivity contribution < 1.29 is 14.2 Å². The normalized spacial score (nSPS) is 11.2. The highest BCUT2D eigenvalue weighted by Gasteiger charge is 2.17. The number of ether oxygens (including phenoxy) is 3. The lowest BCUT2D eigenvalue weighted by Gasteiger charge is -2.16. The molecule has 0 unspecified atom stereocenters. The molecule has 5 rings (SSSR count). The van der Waals surface area contributed by atoms with Gasteiger partial charge in [-0.25, -0.2) is 4.98 Å². The van der Waals surface area contributed by atoms with Crippen LogP contribution in [0.5, 0.6) is 17.2 Å². The second kappa shape index (κ2) is 8.51. The fourth-order valence-corrected chi connectivity index (χ4v) is 4.36. The van der Waals surface area contributed by atoms with Gasteiger partial charge < -0.3 is 18.8 Å². The van der Waals surface area contributed by atoms with Crippen molar-refractivity contribution in [1.82, 2.24) is 9.55 Å². The van der Waals surface area contributed by atoms with Gasteiger partial charge in [-0.05, 0) is 59.2 Å². The van der Waals surface area contributed by atoms with E-state index >= 15 is 0 Å². The third kappa shape index (κ3) is 3.76. The van der Waals surface area contributed by atoms with Gasteiger partial charge in [-0.1, -0.05) is 42.5 Å². The summed E-state index contributed by atoms with van der Waals surface area (Å²) in [5.41, 5.74) is 5.36. The lowest BCUT2D eigenvalue weighted by atomic mass is 10.1. The van der Waals surface area contributed by atoms with E-state index in [9.17, 15) is 0 Å². The third-order valence-corrected chi connectivity index (χ3v) is 5.98. The van der Waals surface area contributed by atoms with Crippen molar-refractivity contribution in [3.63, 3.8) is 0 Å². The summed E-state index contributed by atoms with van der Waals surface area (Å²) in [6, 6.07) is 25.3. The number of benzene rings is 4. The number of nitrogens with zero attached hydrogens (tertiary/aromatic N) is 2. The maximum atomic E-state index is 5.57. The number of aromatic nitrogens is 2. The molecule has 4 aromatic carbocycles. The molecule has 0 radical (unpaired) electrons. The molecule has 0 aliphatic heterocycles. The second-order valence-corrected chi connectivity index (χ2v) is 8.11. The number of methoxy groups -OCH3 is 3. The summed E-state index contributed by atoms with van der Waals surface area (Å²) in [5, 5.41) is 2.40. The molecule has 0 aliphatic carbocycles. The highest BCUT2D eigenvalue weighted by Crippen LogP contribution is 2.39. The van der Waals surface area contributed by atoms with Gasteiger partial charge in [0.15, 0.2) is 11.5 Å². The first-order valence-electron chi connectivity index (χ1n) is 10.9. The minimum absolute atomic E-state index is 0.588. The maximum absolute atomic E-state index is 5.57. The van der Waals surface area contributed by atoms with Gasteiger partial charge in [0.05, 0.1) is 32.4 Å². The van der Waals surface area contributed by atoms with Crippen molar-refractivity contribution in [3.05, 3.63) is 83.9 Å². The number of hydrogen-bond acceptors (Lipinski definition) is 4. The Morgan fingerprint density at radius 2 is 1.48 bits per heavy atom. The van der Waals surface area contributed by atoms with Crippen LogP contribution in [0.3, 0.4) is 0 Å². The average molecular weight is 439 g/mol. The molecule has 5 heteroatoms. The SMILES string of the molecule is COc1cc(Cn2c(-c3ccc4ccccc4c3)nc3cc(C)ccc32)cc(OC)c1OC. The van der Waals surface area contributed by atoms with Crippen molar-refractivity contribution in [2.45, 2.75) is 13.5 Å². The Bertz CT molecular complexity index is 1440. The summed E-state index contributed by atoms with van der Waals surface area (Å²) in [7, 11) is 4.89. The van der Waals surface area contributed by atoms with E-state index in [1.54, 1.807) is 21.3 Å². The van der Waals surface area contributed by atoms with Crippen LogP contribution in [0.15, 0.2) is 72.8 Å². The van der Waals surface area contributed by atoms with Crippen LogP contribution >= 0.6 is 0 Å². The van der Waals surface area contributed by atoms with Gasteiger partial charge in [-0.15, -0.1) is 0 Å². The van der Waals surface area contributed by atoms with Gasteiger partial charge in [-0.2, -0.15) is 0 Å². The van der Waals surface area contributed by atoms with Crippen LogP contribution in [-0.2, 0) is 6.54 Å². The number of imidazole rings is 1. The van der Waals surface area contributed by atoms with Crippen LogP contribution in [0, 0.1) is 6.92 Å². The molecule has 0 N–H and O–H groups in total. The first kappa shape index (κ1) is 20.9. The standard InChI is InChI=1S/C28H26N2O3/c1-18-9-12-24-23(13-18)29-28(22-11-10-20-7-5-6-8-21(20)16-22)30(24)17-19-14-25(31-2)27(33-4)26(15-19)32-3/h5-16H,17H2,1-4H3. The molecular weight excluding hydrogens is 412 g/mol. The molecule has 5 nitrogen and oxygen atoms in total. The van der Waals surface area contributed by atoms with Crippen LogP contribution in [0.2, 0.25) is 0 Å². The first-order chi connectivity index (χ1) is 16.1. The van der Waals surface area contributed by atoms with Crippen molar-refractivity contribution in [2.24, 2.45) is 0 Å². The zero-order valence-electron chi connectivity index (χ0n) is 19.3. The minimum Gasteiger partial charge on any atom is -0.493 e. The van der Waals surface area contributed by atoms with E-state index in [0.29, 0.717) is 23.8 Å². The summed E-state index contributed by atoms with van der Waals surface area (Å²) in [5.74, 6) is 2.79. The number of hydrogen-bond donors (Lipinski definition) is 0. The molecule has 166 valence electrons. The van der Waals surface area contributed by atoms with E-state index in [1.165, 1.54) is 16.3 Å². The molecule has 1 aromatic heterocycles. The molecular formula is C28H26N2O3. The van der Waals surface area contributed by atoms with Crippen LogP contribution in [0.25, 0.3) is 33.2 Å². The zero-order valence-corrected chi connectivity index (χ0v) is 19.3. The van der Waals surface area contributed by atoms with Crippen molar-refractivity contribution in [1.29, 1.82) is 0 Å². The topological polar surface area (TPSA) is 45.5 Å². The molecule has 0 aliphatic rings. The van der Waals surface area contributed by atoms with E-state index in [1.807, 2.05) is 12.1 Å². The van der Waals surface area contributed by atoms with E-state index in [2.05, 4.69) is 72.2 Å². The van der Waals surface area contributed by atoms with Gasteiger partial charge in [0.2, 0.25) is 5.75 Å². The molecule has 0 fully saturated rings. The van der Waals surface area contributed by atoms with E-state index < -0.39 is 0 Å². The van der Waals surface area contributed by atoms with Crippen LogP contribution < -0.4 is 14.2 Å². The average Bonchev–Trinajstić information content (AvgIpc) is 3.20. The first-order valence-corrected chi connectivity index (χ1v) is 10.9. The van der Waals surface area contributed by atoms with Gasteiger partial charge >= 0.3 is 0 Å². The van der Waals surface area contributed by atoms with E-state index in [0.717, 1.165) is 28.0 Å². The largest absolute Gasteiger partial charge is 0.493 e. The Morgan fingerprint density at radius 1 is 0.758 bits per heavy atom. The summed E-state index contributed by atoms with van der Waals surface area (Å²) in [6.07, 6.45) is 0. The van der Waals surface area contributed by atoms with Crippen LogP contribution in [-0.4, -0.2) is 30.9 Å². The molecule has 33 heavy (non-hydrogen) atoms. The predicted octanol–water partition coefficient (Wildman–Crippen LogP) is 6.24. The lowest BCUT2D eigenvalue weighted by Crippen LogP contribution is -2.04. The van der Waals surface area contributed by atoms with Crippen LogP contribution in [0.1, 0.15) is 11.1 Å².